The van der Waals surface area contributed by atoms with Crippen LogP contribution in [-0.2, 0) is 0 Å². The fourth-order valence-corrected chi connectivity index (χ4v) is 2.28. The van der Waals surface area contributed by atoms with Crippen molar-refractivity contribution in [2.45, 2.75) is 0 Å². The number of nitro groups is 1. The highest BCUT2D eigenvalue weighted by Gasteiger charge is 2.27. The van der Waals surface area contributed by atoms with Crippen LogP contribution in [0.5, 0.6) is 0 Å². The van der Waals surface area contributed by atoms with E-state index in [0.717, 1.165) is 0 Å². The van der Waals surface area contributed by atoms with Gasteiger partial charge < -0.3 is 5.21 Å². The Morgan fingerprint density at radius 3 is 2.32 bits per heavy atom. The third-order valence-electron chi connectivity index (χ3n) is 3.10. The Labute approximate surface area is 106 Å². The van der Waals surface area contributed by atoms with Gasteiger partial charge in [0.15, 0.2) is 0 Å². The van der Waals surface area contributed by atoms with Crippen LogP contribution in [0.1, 0.15) is 11.1 Å². The number of hydrogen-bond acceptors (Lipinski definition) is 4. The molecule has 0 fully saturated rings. The van der Waals surface area contributed by atoms with E-state index in [2.05, 4.69) is 5.16 Å². The zero-order valence-corrected chi connectivity index (χ0v) is 9.50. The quantitative estimate of drug-likeness (QED) is 0.414. The molecule has 2 aromatic carbocycles. The smallest absolute Gasteiger partial charge is 0.270 e. The molecule has 19 heavy (non-hydrogen) atoms. The zero-order chi connectivity index (χ0) is 13.6. The molecule has 0 aliphatic heterocycles. The lowest BCUT2D eigenvalue weighted by atomic mass is 10.1. The lowest BCUT2D eigenvalue weighted by Gasteiger charge is -1.99. The maximum Gasteiger partial charge on any atom is 0.270 e. The SMILES string of the molecule is O=[N+]([O-])c1ccc2c(c1)/C(=N\O)c1cc(F)ccc1-2. The van der Waals surface area contributed by atoms with Gasteiger partial charge in [0, 0.05) is 23.3 Å². The molecule has 0 bridgehead atoms. The molecule has 0 amide bonds. The van der Waals surface area contributed by atoms with Crippen molar-refractivity contribution in [1.82, 2.24) is 0 Å². The number of benzene rings is 2. The molecule has 0 aromatic heterocycles. The molecule has 0 heterocycles. The van der Waals surface area contributed by atoms with Crippen molar-refractivity contribution in [2.24, 2.45) is 5.16 Å². The van der Waals surface area contributed by atoms with Gasteiger partial charge in [-0.05, 0) is 29.3 Å². The molecule has 1 N–H and O–H groups in total. The summed E-state index contributed by atoms with van der Waals surface area (Å²) in [5, 5.41) is 23.0. The summed E-state index contributed by atoms with van der Waals surface area (Å²) in [5.74, 6) is -0.456. The van der Waals surface area contributed by atoms with Crippen molar-refractivity contribution in [3.05, 3.63) is 63.5 Å². The molecule has 0 spiro atoms. The molecule has 3 rings (SSSR count). The molecule has 0 radical (unpaired) electrons. The Bertz CT molecular complexity index is 741. The van der Waals surface area contributed by atoms with Gasteiger partial charge in [0.25, 0.3) is 5.69 Å². The first-order valence-corrected chi connectivity index (χ1v) is 5.43. The predicted octanol–water partition coefficient (Wildman–Crippen LogP) is 2.94. The number of oxime groups is 1. The first kappa shape index (κ1) is 11.3. The molecule has 0 saturated carbocycles. The van der Waals surface area contributed by atoms with E-state index in [-0.39, 0.29) is 11.4 Å². The summed E-state index contributed by atoms with van der Waals surface area (Å²) >= 11 is 0. The second kappa shape index (κ2) is 3.88. The van der Waals surface area contributed by atoms with Gasteiger partial charge in [0.2, 0.25) is 0 Å². The van der Waals surface area contributed by atoms with E-state index in [1.165, 1.54) is 24.3 Å². The van der Waals surface area contributed by atoms with Crippen LogP contribution < -0.4 is 0 Å². The summed E-state index contributed by atoms with van der Waals surface area (Å²) < 4.78 is 13.3. The number of rotatable bonds is 1. The van der Waals surface area contributed by atoms with Crippen LogP contribution >= 0.6 is 0 Å². The lowest BCUT2D eigenvalue weighted by molar-refractivity contribution is -0.384. The molecule has 0 atom stereocenters. The zero-order valence-electron chi connectivity index (χ0n) is 9.50. The van der Waals surface area contributed by atoms with Gasteiger partial charge in [-0.15, -0.1) is 0 Å². The number of nitrogens with zero attached hydrogens (tertiary/aromatic N) is 2. The van der Waals surface area contributed by atoms with Crippen LogP contribution in [0.15, 0.2) is 41.6 Å². The van der Waals surface area contributed by atoms with Crippen molar-refractivity contribution in [3.8, 4) is 11.1 Å². The van der Waals surface area contributed by atoms with Crippen molar-refractivity contribution in [2.75, 3.05) is 0 Å². The number of nitro benzene ring substituents is 1. The van der Waals surface area contributed by atoms with Crippen molar-refractivity contribution >= 4 is 11.4 Å². The van der Waals surface area contributed by atoms with Gasteiger partial charge in [0.05, 0.1) is 4.92 Å². The summed E-state index contributed by atoms with van der Waals surface area (Å²) in [6.07, 6.45) is 0. The molecule has 1 aliphatic rings. The average Bonchev–Trinajstić information content (AvgIpc) is 2.70. The highest BCUT2D eigenvalue weighted by Crippen LogP contribution is 2.38. The molecule has 0 unspecified atom stereocenters. The summed E-state index contributed by atoms with van der Waals surface area (Å²) in [4.78, 5) is 10.2. The van der Waals surface area contributed by atoms with Crippen LogP contribution in [-0.4, -0.2) is 15.8 Å². The maximum absolute atomic E-state index is 13.3. The molecule has 2 aromatic rings. The van der Waals surface area contributed by atoms with Gasteiger partial charge in [-0.1, -0.05) is 11.2 Å². The molecule has 94 valence electrons. The molecule has 0 saturated heterocycles. The Hall–Kier alpha value is -2.76. The van der Waals surface area contributed by atoms with E-state index in [9.17, 15) is 14.5 Å². The van der Waals surface area contributed by atoms with Gasteiger partial charge in [-0.3, -0.25) is 10.1 Å². The van der Waals surface area contributed by atoms with Crippen LogP contribution in [0.3, 0.4) is 0 Å². The minimum Gasteiger partial charge on any atom is -0.410 e. The van der Waals surface area contributed by atoms with Gasteiger partial charge in [-0.25, -0.2) is 4.39 Å². The standard InChI is InChI=1S/C13H7FN2O3/c14-7-1-3-9-10-4-2-8(16(18)19)6-12(10)13(15-17)11(9)5-7/h1-6,17H/b15-13-. The normalized spacial score (nSPS) is 14.3. The number of halogens is 1. The van der Waals surface area contributed by atoms with Crippen LogP contribution in [0.25, 0.3) is 11.1 Å². The second-order valence-electron chi connectivity index (χ2n) is 4.13. The van der Waals surface area contributed by atoms with E-state index in [4.69, 9.17) is 5.21 Å². The Morgan fingerprint density at radius 1 is 1.05 bits per heavy atom. The molecule has 6 heteroatoms. The third kappa shape index (κ3) is 1.57. The van der Waals surface area contributed by atoms with E-state index in [0.29, 0.717) is 22.3 Å². The first-order chi connectivity index (χ1) is 9.11. The highest BCUT2D eigenvalue weighted by atomic mass is 19.1. The van der Waals surface area contributed by atoms with Crippen LogP contribution in [0, 0.1) is 15.9 Å². The third-order valence-corrected chi connectivity index (χ3v) is 3.10. The fraction of sp³-hybridized carbons (Fsp3) is 0. The minimum absolute atomic E-state index is 0.104. The summed E-state index contributed by atoms with van der Waals surface area (Å²) in [5.41, 5.74) is 2.28. The van der Waals surface area contributed by atoms with Crippen molar-refractivity contribution < 1.29 is 14.5 Å². The first-order valence-electron chi connectivity index (χ1n) is 5.43. The van der Waals surface area contributed by atoms with Gasteiger partial charge >= 0.3 is 0 Å². The Kier molecular flexibility index (Phi) is 2.31. The van der Waals surface area contributed by atoms with E-state index in [1.54, 1.807) is 12.1 Å². The number of hydrogen-bond donors (Lipinski definition) is 1. The summed E-state index contributed by atoms with van der Waals surface area (Å²) in [6, 6.07) is 8.37. The van der Waals surface area contributed by atoms with Crippen molar-refractivity contribution in [1.29, 1.82) is 0 Å². The summed E-state index contributed by atoms with van der Waals surface area (Å²) in [6.45, 7) is 0. The van der Waals surface area contributed by atoms with Gasteiger partial charge in [-0.2, -0.15) is 0 Å². The van der Waals surface area contributed by atoms with Crippen LogP contribution in [0.2, 0.25) is 0 Å². The Balaban J connectivity index is 2.30. The fourth-order valence-electron chi connectivity index (χ4n) is 2.28. The van der Waals surface area contributed by atoms with E-state index in [1.807, 2.05) is 0 Å². The monoisotopic (exact) mass is 258 g/mol. The highest BCUT2D eigenvalue weighted by molar-refractivity contribution is 6.24. The maximum atomic E-state index is 13.3. The van der Waals surface area contributed by atoms with Gasteiger partial charge in [0.1, 0.15) is 11.5 Å². The second-order valence-corrected chi connectivity index (χ2v) is 4.13. The Morgan fingerprint density at radius 2 is 1.68 bits per heavy atom. The minimum atomic E-state index is -0.529. The average molecular weight is 258 g/mol. The summed E-state index contributed by atoms with van der Waals surface area (Å²) in [7, 11) is 0. The number of fused-ring (bicyclic) bond motifs is 3. The largest absolute Gasteiger partial charge is 0.410 e. The lowest BCUT2D eigenvalue weighted by Crippen LogP contribution is -1.99. The van der Waals surface area contributed by atoms with E-state index >= 15 is 0 Å². The molecule has 5 nitrogen and oxygen atoms in total. The molecular formula is C13H7FN2O3. The van der Waals surface area contributed by atoms with Crippen molar-refractivity contribution in [3.63, 3.8) is 0 Å². The van der Waals surface area contributed by atoms with E-state index < -0.39 is 10.7 Å². The predicted molar refractivity (Wildman–Crippen MR) is 65.9 cm³/mol. The topological polar surface area (TPSA) is 75.7 Å². The number of non-ortho nitro benzene ring substituents is 1. The molecule has 1 aliphatic carbocycles. The van der Waals surface area contributed by atoms with Crippen LogP contribution in [0.4, 0.5) is 10.1 Å². The molecular weight excluding hydrogens is 251 g/mol.